The number of sulfonamides is 1. The van der Waals surface area contributed by atoms with Crippen LogP contribution >= 0.6 is 11.6 Å². The summed E-state index contributed by atoms with van der Waals surface area (Å²) in [6.45, 7) is 0.0885. The van der Waals surface area contributed by atoms with Gasteiger partial charge in [-0.05, 0) is 48.5 Å². The normalized spacial score (nSPS) is 11.2. The fraction of sp³-hybridized carbons (Fsp3) is 0.0952. The van der Waals surface area contributed by atoms with E-state index in [-0.39, 0.29) is 28.1 Å². The van der Waals surface area contributed by atoms with Gasteiger partial charge < -0.3 is 4.90 Å². The highest BCUT2D eigenvalue weighted by Gasteiger charge is 2.17. The third kappa shape index (κ3) is 4.95. The lowest BCUT2D eigenvalue weighted by molar-refractivity contribution is 0.0784. The molecule has 0 radical (unpaired) electrons. The minimum Gasteiger partial charge on any atom is -0.337 e. The molecule has 0 heterocycles. The minimum atomic E-state index is -3.99. The third-order valence-electron chi connectivity index (χ3n) is 4.30. The van der Waals surface area contributed by atoms with Gasteiger partial charge in [0.2, 0.25) is 0 Å². The zero-order valence-electron chi connectivity index (χ0n) is 15.8. The molecule has 0 unspecified atom stereocenters. The van der Waals surface area contributed by atoms with Crippen LogP contribution in [0, 0.1) is 11.6 Å². The highest BCUT2D eigenvalue weighted by atomic mass is 35.5. The molecule has 0 aliphatic carbocycles. The summed E-state index contributed by atoms with van der Waals surface area (Å²) in [7, 11) is -2.44. The molecule has 1 amide bonds. The first-order chi connectivity index (χ1) is 14.2. The highest BCUT2D eigenvalue weighted by Crippen LogP contribution is 2.22. The topological polar surface area (TPSA) is 66.5 Å². The van der Waals surface area contributed by atoms with Crippen LogP contribution in [0.3, 0.4) is 0 Å². The second kappa shape index (κ2) is 8.81. The van der Waals surface area contributed by atoms with Gasteiger partial charge in [-0.3, -0.25) is 9.52 Å². The Bertz CT molecular complexity index is 1190. The Morgan fingerprint density at radius 3 is 2.30 bits per heavy atom. The van der Waals surface area contributed by atoms with E-state index in [0.29, 0.717) is 11.1 Å². The molecule has 0 bridgehead atoms. The van der Waals surface area contributed by atoms with Gasteiger partial charge in [0.25, 0.3) is 15.9 Å². The maximum atomic E-state index is 13.8. The van der Waals surface area contributed by atoms with Gasteiger partial charge in [-0.25, -0.2) is 17.2 Å². The van der Waals surface area contributed by atoms with Gasteiger partial charge in [0.1, 0.15) is 11.6 Å². The second-order valence-corrected chi connectivity index (χ2v) is 8.60. The van der Waals surface area contributed by atoms with E-state index in [4.69, 9.17) is 11.6 Å². The number of anilines is 1. The maximum Gasteiger partial charge on any atom is 0.261 e. The van der Waals surface area contributed by atoms with Gasteiger partial charge in [-0.15, -0.1) is 0 Å². The number of halogens is 3. The van der Waals surface area contributed by atoms with Gasteiger partial charge in [-0.2, -0.15) is 0 Å². The number of carbonyl (C=O) groups excluding carboxylic acids is 1. The first-order valence-electron chi connectivity index (χ1n) is 8.74. The molecule has 0 saturated heterocycles. The van der Waals surface area contributed by atoms with Crippen LogP contribution in [-0.4, -0.2) is 26.3 Å². The molecule has 0 fully saturated rings. The Hall–Kier alpha value is -2.97. The number of hydrogen-bond acceptors (Lipinski definition) is 3. The Morgan fingerprint density at radius 2 is 1.67 bits per heavy atom. The molecule has 0 spiro atoms. The molecule has 0 saturated carbocycles. The van der Waals surface area contributed by atoms with Gasteiger partial charge in [0.05, 0.1) is 9.92 Å². The van der Waals surface area contributed by atoms with Crippen LogP contribution < -0.4 is 4.72 Å². The number of nitrogens with zero attached hydrogens (tertiary/aromatic N) is 1. The molecular formula is C21H17ClF2N2O3S. The van der Waals surface area contributed by atoms with Crippen molar-refractivity contribution in [2.45, 2.75) is 11.4 Å². The average Bonchev–Trinajstić information content (AvgIpc) is 2.71. The molecule has 0 aliphatic heterocycles. The zero-order valence-corrected chi connectivity index (χ0v) is 17.3. The van der Waals surface area contributed by atoms with Crippen LogP contribution in [0.4, 0.5) is 14.5 Å². The molecule has 3 aromatic rings. The van der Waals surface area contributed by atoms with E-state index in [9.17, 15) is 22.0 Å². The lowest BCUT2D eigenvalue weighted by Crippen LogP contribution is -2.26. The van der Waals surface area contributed by atoms with Crippen LogP contribution in [0.2, 0.25) is 5.02 Å². The number of carbonyl (C=O) groups is 1. The lowest BCUT2D eigenvalue weighted by Gasteiger charge is -2.18. The molecule has 0 atom stereocenters. The number of benzene rings is 3. The fourth-order valence-electron chi connectivity index (χ4n) is 2.71. The van der Waals surface area contributed by atoms with E-state index in [1.54, 1.807) is 25.2 Å². The van der Waals surface area contributed by atoms with Crippen molar-refractivity contribution >= 4 is 33.2 Å². The number of nitrogens with one attached hydrogen (secondary N) is 1. The van der Waals surface area contributed by atoms with Crippen LogP contribution in [0.25, 0.3) is 0 Å². The fourth-order valence-corrected chi connectivity index (χ4v) is 4.04. The molecular weight excluding hydrogens is 434 g/mol. The van der Waals surface area contributed by atoms with Crippen LogP contribution in [0.15, 0.2) is 71.6 Å². The smallest absolute Gasteiger partial charge is 0.261 e. The molecule has 3 rings (SSSR count). The summed E-state index contributed by atoms with van der Waals surface area (Å²) < 4.78 is 54.2. The van der Waals surface area contributed by atoms with E-state index in [1.807, 2.05) is 0 Å². The van der Waals surface area contributed by atoms with Gasteiger partial charge in [0, 0.05) is 30.4 Å². The van der Waals surface area contributed by atoms with Gasteiger partial charge in [-0.1, -0.05) is 29.8 Å². The largest absolute Gasteiger partial charge is 0.337 e. The Kier molecular flexibility index (Phi) is 6.38. The summed E-state index contributed by atoms with van der Waals surface area (Å²) in [5.41, 5.74) is 0.904. The zero-order chi connectivity index (χ0) is 21.9. The van der Waals surface area contributed by atoms with Crippen molar-refractivity contribution in [1.29, 1.82) is 0 Å². The molecule has 1 N–H and O–H groups in total. The predicted molar refractivity (Wildman–Crippen MR) is 111 cm³/mol. The van der Waals surface area contributed by atoms with Crippen molar-refractivity contribution in [1.82, 2.24) is 4.90 Å². The van der Waals surface area contributed by atoms with Crippen LogP contribution in [0.5, 0.6) is 0 Å². The first-order valence-corrected chi connectivity index (χ1v) is 10.6. The molecule has 9 heteroatoms. The van der Waals surface area contributed by atoms with E-state index in [0.717, 1.165) is 18.2 Å². The van der Waals surface area contributed by atoms with Crippen LogP contribution in [0.1, 0.15) is 15.9 Å². The highest BCUT2D eigenvalue weighted by molar-refractivity contribution is 7.92. The van der Waals surface area contributed by atoms with Crippen molar-refractivity contribution in [2.24, 2.45) is 0 Å². The Labute approximate surface area is 178 Å². The average molecular weight is 451 g/mol. The molecule has 156 valence electrons. The van der Waals surface area contributed by atoms with Gasteiger partial charge >= 0.3 is 0 Å². The number of hydrogen-bond donors (Lipinski definition) is 1. The summed E-state index contributed by atoms with van der Waals surface area (Å²) in [6.07, 6.45) is 0. The monoisotopic (exact) mass is 450 g/mol. The first kappa shape index (κ1) is 21.7. The summed E-state index contributed by atoms with van der Waals surface area (Å²) in [6, 6.07) is 15.0. The van der Waals surface area contributed by atoms with E-state index < -0.39 is 21.7 Å². The predicted octanol–water partition coefficient (Wildman–Crippen LogP) is 4.69. The quantitative estimate of drug-likeness (QED) is 0.592. The van der Waals surface area contributed by atoms with E-state index in [2.05, 4.69) is 4.72 Å². The molecule has 5 nitrogen and oxygen atoms in total. The molecule has 0 aliphatic rings. The number of rotatable bonds is 6. The Morgan fingerprint density at radius 1 is 1.00 bits per heavy atom. The molecule has 0 aromatic heterocycles. The van der Waals surface area contributed by atoms with E-state index in [1.165, 1.54) is 35.2 Å². The lowest BCUT2D eigenvalue weighted by atomic mass is 10.1. The molecule has 30 heavy (non-hydrogen) atoms. The summed E-state index contributed by atoms with van der Waals surface area (Å²) >= 11 is 5.64. The van der Waals surface area contributed by atoms with Crippen molar-refractivity contribution in [2.75, 3.05) is 11.8 Å². The van der Waals surface area contributed by atoms with Crippen molar-refractivity contribution < 1.29 is 22.0 Å². The van der Waals surface area contributed by atoms with Crippen molar-refractivity contribution in [3.05, 3.63) is 94.5 Å². The summed E-state index contributed by atoms with van der Waals surface area (Å²) in [5.74, 6) is -1.47. The van der Waals surface area contributed by atoms with Gasteiger partial charge in [0.15, 0.2) is 0 Å². The van der Waals surface area contributed by atoms with Crippen molar-refractivity contribution in [3.8, 4) is 0 Å². The standard InChI is InChI=1S/C21H17ClF2N2O3S/c1-26(13-15-4-2-3-5-19(15)23)21(27)14-6-8-16(9-7-14)25-30(28,29)17-10-11-20(24)18(22)12-17/h2-12,25H,13H2,1H3. The van der Waals surface area contributed by atoms with Crippen LogP contribution in [-0.2, 0) is 16.6 Å². The molecule has 3 aromatic carbocycles. The summed E-state index contributed by atoms with van der Waals surface area (Å²) in [5, 5.41) is -0.309. The Balaban J connectivity index is 1.71. The third-order valence-corrected chi connectivity index (χ3v) is 5.97. The summed E-state index contributed by atoms with van der Waals surface area (Å²) in [4.78, 5) is 13.7. The maximum absolute atomic E-state index is 13.8. The number of amides is 1. The second-order valence-electron chi connectivity index (χ2n) is 6.51. The van der Waals surface area contributed by atoms with E-state index >= 15 is 0 Å². The SMILES string of the molecule is CN(Cc1ccccc1F)C(=O)c1ccc(NS(=O)(=O)c2ccc(F)c(Cl)c2)cc1. The van der Waals surface area contributed by atoms with Crippen molar-refractivity contribution in [3.63, 3.8) is 0 Å². The minimum absolute atomic E-state index is 0.0885.